The van der Waals surface area contributed by atoms with Crippen molar-refractivity contribution in [1.82, 2.24) is 0 Å². The van der Waals surface area contributed by atoms with E-state index >= 15 is 0 Å². The predicted octanol–water partition coefficient (Wildman–Crippen LogP) is 2.80. The first-order valence-electron chi connectivity index (χ1n) is 5.24. The summed E-state index contributed by atoms with van der Waals surface area (Å²) in [5.41, 5.74) is 5.66. The molecule has 1 saturated carbocycles. The van der Waals surface area contributed by atoms with E-state index in [2.05, 4.69) is 0 Å². The van der Waals surface area contributed by atoms with E-state index in [1.807, 2.05) is 13.8 Å². The third-order valence-electron chi connectivity index (χ3n) is 3.68. The molecule has 16 heavy (non-hydrogen) atoms. The Hall–Kier alpha value is -1.03. The van der Waals surface area contributed by atoms with Crippen LogP contribution in [0.1, 0.15) is 25.3 Å². The first kappa shape index (κ1) is 11.5. The maximum Gasteiger partial charge on any atom is 0.161 e. The van der Waals surface area contributed by atoms with E-state index in [4.69, 9.17) is 5.73 Å². The molecule has 1 nitrogen and oxygen atoms in total. The summed E-state index contributed by atoms with van der Waals surface area (Å²) in [6.07, 6.45) is 0. The van der Waals surface area contributed by atoms with Gasteiger partial charge in [-0.15, -0.1) is 0 Å². The molecule has 0 heterocycles. The largest absolute Gasteiger partial charge is 0.330 e. The van der Waals surface area contributed by atoms with Crippen LogP contribution in [0, 0.1) is 28.8 Å². The van der Waals surface area contributed by atoms with Crippen molar-refractivity contribution in [2.24, 2.45) is 17.1 Å². The minimum absolute atomic E-state index is 0.118. The van der Waals surface area contributed by atoms with Gasteiger partial charge in [-0.3, -0.25) is 0 Å². The number of halogens is 3. The van der Waals surface area contributed by atoms with Crippen molar-refractivity contribution in [3.63, 3.8) is 0 Å². The van der Waals surface area contributed by atoms with Gasteiger partial charge in [0.15, 0.2) is 11.6 Å². The molecule has 4 heteroatoms. The highest BCUT2D eigenvalue weighted by Gasteiger charge is 2.58. The van der Waals surface area contributed by atoms with Crippen molar-refractivity contribution in [2.45, 2.75) is 19.8 Å². The summed E-state index contributed by atoms with van der Waals surface area (Å²) in [5, 5.41) is 0. The second-order valence-electron chi connectivity index (χ2n) is 4.93. The fourth-order valence-electron chi connectivity index (χ4n) is 2.58. The van der Waals surface area contributed by atoms with Gasteiger partial charge in [0.05, 0.1) is 0 Å². The van der Waals surface area contributed by atoms with Crippen molar-refractivity contribution in [2.75, 3.05) is 6.54 Å². The van der Waals surface area contributed by atoms with Crippen LogP contribution in [0.3, 0.4) is 0 Å². The van der Waals surface area contributed by atoms with Crippen molar-refractivity contribution in [1.29, 1.82) is 0 Å². The Labute approximate surface area is 92.5 Å². The van der Waals surface area contributed by atoms with E-state index in [0.29, 0.717) is 12.6 Å². The quantitative estimate of drug-likeness (QED) is 0.775. The first-order valence-corrected chi connectivity index (χ1v) is 5.24. The van der Waals surface area contributed by atoms with Crippen LogP contribution in [-0.4, -0.2) is 6.54 Å². The van der Waals surface area contributed by atoms with Gasteiger partial charge in [-0.25, -0.2) is 13.2 Å². The number of benzene rings is 1. The van der Waals surface area contributed by atoms with Crippen LogP contribution in [-0.2, 0) is 0 Å². The Morgan fingerprint density at radius 1 is 1.12 bits per heavy atom. The SMILES string of the molecule is CC1(C)C(CN)C1c1cc(F)c(F)cc1F. The lowest BCUT2D eigenvalue weighted by molar-refractivity contribution is 0.486. The zero-order valence-corrected chi connectivity index (χ0v) is 9.23. The van der Waals surface area contributed by atoms with Gasteiger partial charge < -0.3 is 5.73 Å². The lowest BCUT2D eigenvalue weighted by Crippen LogP contribution is -2.05. The number of hydrogen-bond donors (Lipinski definition) is 1. The number of hydrogen-bond acceptors (Lipinski definition) is 1. The lowest BCUT2D eigenvalue weighted by atomic mass is 10.0. The molecule has 0 aliphatic heterocycles. The molecule has 0 aromatic heterocycles. The molecule has 0 spiro atoms. The predicted molar refractivity (Wildman–Crippen MR) is 55.4 cm³/mol. The maximum atomic E-state index is 13.5. The zero-order chi connectivity index (χ0) is 12.1. The third kappa shape index (κ3) is 1.52. The first-order chi connectivity index (χ1) is 7.39. The van der Waals surface area contributed by atoms with Gasteiger partial charge >= 0.3 is 0 Å². The molecule has 0 bridgehead atoms. The molecule has 2 N–H and O–H groups in total. The fraction of sp³-hybridized carbons (Fsp3) is 0.500. The summed E-state index contributed by atoms with van der Waals surface area (Å²) in [6.45, 7) is 4.34. The van der Waals surface area contributed by atoms with Crippen LogP contribution in [0.2, 0.25) is 0 Å². The summed E-state index contributed by atoms with van der Waals surface area (Å²) >= 11 is 0. The van der Waals surface area contributed by atoms with Crippen LogP contribution in [0.4, 0.5) is 13.2 Å². The molecule has 88 valence electrons. The molecule has 0 amide bonds. The Kier molecular flexibility index (Phi) is 2.49. The van der Waals surface area contributed by atoms with E-state index in [1.54, 1.807) is 0 Å². The van der Waals surface area contributed by atoms with Gasteiger partial charge in [0.25, 0.3) is 0 Å². The summed E-state index contributed by atoms with van der Waals surface area (Å²) in [7, 11) is 0. The number of nitrogens with two attached hydrogens (primary N) is 1. The normalized spacial score (nSPS) is 26.9. The molecule has 1 aromatic rings. The second kappa shape index (κ2) is 3.48. The Morgan fingerprint density at radius 3 is 2.19 bits per heavy atom. The Bertz CT molecular complexity index is 429. The monoisotopic (exact) mass is 229 g/mol. The van der Waals surface area contributed by atoms with E-state index < -0.39 is 17.5 Å². The smallest absolute Gasteiger partial charge is 0.161 e. The maximum absolute atomic E-state index is 13.5. The molecule has 2 rings (SSSR count). The van der Waals surface area contributed by atoms with E-state index in [0.717, 1.165) is 6.07 Å². The van der Waals surface area contributed by atoms with Gasteiger partial charge in [-0.2, -0.15) is 0 Å². The summed E-state index contributed by atoms with van der Waals surface area (Å²) < 4.78 is 39.4. The Balaban J connectivity index is 2.40. The van der Waals surface area contributed by atoms with E-state index in [1.165, 1.54) is 0 Å². The van der Waals surface area contributed by atoms with Crippen LogP contribution in [0.15, 0.2) is 12.1 Å². The zero-order valence-electron chi connectivity index (χ0n) is 9.23. The van der Waals surface area contributed by atoms with Crippen LogP contribution < -0.4 is 5.73 Å². The van der Waals surface area contributed by atoms with Crippen LogP contribution >= 0.6 is 0 Å². The number of rotatable bonds is 2. The molecule has 1 aliphatic carbocycles. The van der Waals surface area contributed by atoms with Gasteiger partial charge in [-0.05, 0) is 35.4 Å². The van der Waals surface area contributed by atoms with E-state index in [-0.39, 0.29) is 22.8 Å². The minimum atomic E-state index is -1.15. The second-order valence-corrected chi connectivity index (χ2v) is 4.93. The summed E-state index contributed by atoms with van der Waals surface area (Å²) in [5.74, 6) is -2.83. The highest BCUT2D eigenvalue weighted by Crippen LogP contribution is 2.64. The molecule has 2 unspecified atom stereocenters. The van der Waals surface area contributed by atoms with Crippen molar-refractivity contribution in [3.05, 3.63) is 35.1 Å². The van der Waals surface area contributed by atoms with Gasteiger partial charge in [0.1, 0.15) is 5.82 Å². The molecular weight excluding hydrogens is 215 g/mol. The molecular formula is C12H14F3N. The van der Waals surface area contributed by atoms with Gasteiger partial charge in [-0.1, -0.05) is 13.8 Å². The van der Waals surface area contributed by atoms with E-state index in [9.17, 15) is 13.2 Å². The Morgan fingerprint density at radius 2 is 1.69 bits per heavy atom. The molecule has 1 aliphatic rings. The average Bonchev–Trinajstić information content (AvgIpc) is 2.74. The van der Waals surface area contributed by atoms with Crippen LogP contribution in [0.25, 0.3) is 0 Å². The topological polar surface area (TPSA) is 26.0 Å². The van der Waals surface area contributed by atoms with Crippen molar-refractivity contribution >= 4 is 0 Å². The molecule has 2 atom stereocenters. The standard InChI is InChI=1S/C12H14F3N/c1-12(2)7(5-16)11(12)6-3-9(14)10(15)4-8(6)13/h3-4,7,11H,5,16H2,1-2H3. The molecule has 1 aromatic carbocycles. The highest BCUT2D eigenvalue weighted by atomic mass is 19.2. The van der Waals surface area contributed by atoms with Crippen LogP contribution in [0.5, 0.6) is 0 Å². The molecule has 0 radical (unpaired) electrons. The average molecular weight is 229 g/mol. The van der Waals surface area contributed by atoms with Crippen molar-refractivity contribution < 1.29 is 13.2 Å². The lowest BCUT2D eigenvalue weighted by Gasteiger charge is -2.05. The van der Waals surface area contributed by atoms with Crippen molar-refractivity contribution in [3.8, 4) is 0 Å². The van der Waals surface area contributed by atoms with Gasteiger partial charge in [0.2, 0.25) is 0 Å². The highest BCUT2D eigenvalue weighted by molar-refractivity contribution is 5.33. The molecule has 0 saturated heterocycles. The third-order valence-corrected chi connectivity index (χ3v) is 3.68. The minimum Gasteiger partial charge on any atom is -0.330 e. The van der Waals surface area contributed by atoms with Gasteiger partial charge in [0, 0.05) is 6.07 Å². The summed E-state index contributed by atoms with van der Waals surface area (Å²) in [4.78, 5) is 0. The fourth-order valence-corrected chi connectivity index (χ4v) is 2.58. The summed E-state index contributed by atoms with van der Waals surface area (Å²) in [6, 6.07) is 1.55. The molecule has 1 fully saturated rings.